The van der Waals surface area contributed by atoms with E-state index in [0.29, 0.717) is 0 Å². The van der Waals surface area contributed by atoms with Crippen molar-refractivity contribution in [3.05, 3.63) is 0 Å². The maximum absolute atomic E-state index is 11.9. The van der Waals surface area contributed by atoms with Crippen LogP contribution in [0, 0.1) is 28.1 Å². The lowest BCUT2D eigenvalue weighted by Crippen LogP contribution is -2.32. The second-order valence-corrected chi connectivity index (χ2v) is 4.77. The van der Waals surface area contributed by atoms with Gasteiger partial charge in [0.05, 0.1) is 12.1 Å². The average molecular weight is 234 g/mol. The van der Waals surface area contributed by atoms with Gasteiger partial charge in [0.25, 0.3) is 0 Å². The van der Waals surface area contributed by atoms with Crippen molar-refractivity contribution in [2.45, 2.75) is 58.0 Å². The molecule has 17 heavy (non-hydrogen) atoms. The van der Waals surface area contributed by atoms with E-state index in [9.17, 15) is 4.79 Å². The van der Waals surface area contributed by atoms with Gasteiger partial charge in [0.15, 0.2) is 5.41 Å². The van der Waals surface area contributed by atoms with E-state index < -0.39 is 11.4 Å². The monoisotopic (exact) mass is 234 g/mol. The third-order valence-electron chi connectivity index (χ3n) is 3.26. The number of rotatable bonds is 4. The SMILES string of the molecule is CC(C#N)(CCC#N)C(=O)OC1CCCCC1. The highest BCUT2D eigenvalue weighted by atomic mass is 16.5. The zero-order valence-electron chi connectivity index (χ0n) is 10.2. The van der Waals surface area contributed by atoms with Crippen LogP contribution < -0.4 is 0 Å². The maximum Gasteiger partial charge on any atom is 0.326 e. The van der Waals surface area contributed by atoms with E-state index in [1.165, 1.54) is 6.42 Å². The van der Waals surface area contributed by atoms with Gasteiger partial charge >= 0.3 is 5.97 Å². The Labute approximate surface area is 102 Å². The van der Waals surface area contributed by atoms with E-state index in [1.807, 2.05) is 12.1 Å². The van der Waals surface area contributed by atoms with Gasteiger partial charge in [0, 0.05) is 6.42 Å². The number of nitrogens with zero attached hydrogens (tertiary/aromatic N) is 2. The van der Waals surface area contributed by atoms with Gasteiger partial charge in [-0.2, -0.15) is 10.5 Å². The molecule has 0 saturated heterocycles. The Morgan fingerprint density at radius 1 is 1.35 bits per heavy atom. The molecule has 0 radical (unpaired) electrons. The van der Waals surface area contributed by atoms with Crippen LogP contribution in [0.3, 0.4) is 0 Å². The van der Waals surface area contributed by atoms with E-state index in [4.69, 9.17) is 15.3 Å². The first kappa shape index (κ1) is 13.5. The third kappa shape index (κ3) is 3.75. The fourth-order valence-corrected chi connectivity index (χ4v) is 1.97. The summed E-state index contributed by atoms with van der Waals surface area (Å²) in [5.41, 5.74) is -1.17. The Morgan fingerprint density at radius 3 is 2.53 bits per heavy atom. The minimum Gasteiger partial charge on any atom is -0.461 e. The molecule has 0 aliphatic heterocycles. The number of esters is 1. The summed E-state index contributed by atoms with van der Waals surface area (Å²) in [6, 6.07) is 3.93. The molecule has 0 N–H and O–H groups in total. The van der Waals surface area contributed by atoms with Gasteiger partial charge in [-0.3, -0.25) is 4.79 Å². The number of hydrogen-bond acceptors (Lipinski definition) is 4. The smallest absolute Gasteiger partial charge is 0.326 e. The van der Waals surface area contributed by atoms with Crippen molar-refractivity contribution in [2.24, 2.45) is 5.41 Å². The highest BCUT2D eigenvalue weighted by Crippen LogP contribution is 2.28. The molecule has 4 heteroatoms. The maximum atomic E-state index is 11.9. The highest BCUT2D eigenvalue weighted by molar-refractivity contribution is 5.79. The first-order valence-electron chi connectivity index (χ1n) is 6.11. The zero-order valence-corrected chi connectivity index (χ0v) is 10.2. The summed E-state index contributed by atoms with van der Waals surface area (Å²) in [5.74, 6) is -0.470. The number of carbonyl (C=O) groups is 1. The Balaban J connectivity index is 2.54. The largest absolute Gasteiger partial charge is 0.461 e. The zero-order chi connectivity index (χ0) is 12.7. The predicted octanol–water partition coefficient (Wildman–Crippen LogP) is 2.70. The second kappa shape index (κ2) is 6.25. The van der Waals surface area contributed by atoms with Crippen LogP contribution in [0.2, 0.25) is 0 Å². The Morgan fingerprint density at radius 2 is 2.00 bits per heavy atom. The summed E-state index contributed by atoms with van der Waals surface area (Å²) in [4.78, 5) is 11.9. The second-order valence-electron chi connectivity index (χ2n) is 4.77. The molecule has 1 saturated carbocycles. The summed E-state index contributed by atoms with van der Waals surface area (Å²) in [6.07, 6.45) is 5.55. The molecule has 1 aliphatic carbocycles. The molecule has 1 unspecified atom stereocenters. The van der Waals surface area contributed by atoms with Crippen LogP contribution >= 0.6 is 0 Å². The third-order valence-corrected chi connectivity index (χ3v) is 3.26. The van der Waals surface area contributed by atoms with E-state index in [-0.39, 0.29) is 18.9 Å². The first-order chi connectivity index (χ1) is 8.12. The summed E-state index contributed by atoms with van der Waals surface area (Å²) in [7, 11) is 0. The van der Waals surface area contributed by atoms with Crippen molar-refractivity contribution in [2.75, 3.05) is 0 Å². The molecule has 0 aromatic heterocycles. The summed E-state index contributed by atoms with van der Waals surface area (Å²) in [5, 5.41) is 17.6. The molecule has 92 valence electrons. The normalized spacial score (nSPS) is 19.7. The topological polar surface area (TPSA) is 73.9 Å². The van der Waals surface area contributed by atoms with Crippen LogP contribution in [0.15, 0.2) is 0 Å². The summed E-state index contributed by atoms with van der Waals surface area (Å²) in [6.45, 7) is 1.55. The lowest BCUT2D eigenvalue weighted by Gasteiger charge is -2.26. The summed E-state index contributed by atoms with van der Waals surface area (Å²) >= 11 is 0. The number of carbonyl (C=O) groups excluding carboxylic acids is 1. The number of nitriles is 2. The molecule has 0 aromatic carbocycles. The van der Waals surface area contributed by atoms with Crippen molar-refractivity contribution in [1.29, 1.82) is 10.5 Å². The predicted molar refractivity (Wildman–Crippen MR) is 61.5 cm³/mol. The molecular weight excluding hydrogens is 216 g/mol. The van der Waals surface area contributed by atoms with Crippen LogP contribution in [-0.2, 0) is 9.53 Å². The van der Waals surface area contributed by atoms with Crippen LogP contribution in [0.25, 0.3) is 0 Å². The number of ether oxygens (including phenoxy) is 1. The minimum absolute atomic E-state index is 0.0361. The Kier molecular flexibility index (Phi) is 4.97. The summed E-state index contributed by atoms with van der Waals surface area (Å²) < 4.78 is 5.37. The highest BCUT2D eigenvalue weighted by Gasteiger charge is 2.36. The molecule has 0 amide bonds. The fraction of sp³-hybridized carbons (Fsp3) is 0.769. The lowest BCUT2D eigenvalue weighted by molar-refractivity contribution is -0.159. The van der Waals surface area contributed by atoms with Gasteiger partial charge in [-0.1, -0.05) is 6.42 Å². The molecule has 1 fully saturated rings. The van der Waals surface area contributed by atoms with E-state index in [0.717, 1.165) is 25.7 Å². The van der Waals surface area contributed by atoms with Crippen LogP contribution in [0.1, 0.15) is 51.9 Å². The quantitative estimate of drug-likeness (QED) is 0.701. The van der Waals surface area contributed by atoms with Crippen molar-refractivity contribution in [3.8, 4) is 12.1 Å². The van der Waals surface area contributed by atoms with E-state index in [1.54, 1.807) is 6.92 Å². The van der Waals surface area contributed by atoms with Crippen LogP contribution in [0.4, 0.5) is 0 Å². The van der Waals surface area contributed by atoms with E-state index in [2.05, 4.69) is 0 Å². The van der Waals surface area contributed by atoms with Crippen molar-refractivity contribution in [1.82, 2.24) is 0 Å². The fourth-order valence-electron chi connectivity index (χ4n) is 1.97. The van der Waals surface area contributed by atoms with Crippen molar-refractivity contribution < 1.29 is 9.53 Å². The number of hydrogen-bond donors (Lipinski definition) is 0. The first-order valence-corrected chi connectivity index (χ1v) is 6.11. The molecule has 1 atom stereocenters. The molecule has 0 heterocycles. The lowest BCUT2D eigenvalue weighted by atomic mass is 9.87. The molecular formula is C13H18N2O2. The molecule has 1 aliphatic rings. The van der Waals surface area contributed by atoms with Gasteiger partial charge < -0.3 is 4.74 Å². The Bertz CT molecular complexity index is 347. The van der Waals surface area contributed by atoms with Crippen LogP contribution in [0.5, 0.6) is 0 Å². The molecule has 4 nitrogen and oxygen atoms in total. The minimum atomic E-state index is -1.17. The van der Waals surface area contributed by atoms with Crippen molar-refractivity contribution in [3.63, 3.8) is 0 Å². The average Bonchev–Trinajstić information content (AvgIpc) is 2.37. The Hall–Kier alpha value is -1.55. The molecule has 0 aromatic rings. The van der Waals surface area contributed by atoms with Crippen LogP contribution in [-0.4, -0.2) is 12.1 Å². The van der Waals surface area contributed by atoms with Gasteiger partial charge in [-0.05, 0) is 39.0 Å². The van der Waals surface area contributed by atoms with E-state index >= 15 is 0 Å². The van der Waals surface area contributed by atoms with Gasteiger partial charge in [-0.25, -0.2) is 0 Å². The van der Waals surface area contributed by atoms with Gasteiger partial charge in [0.1, 0.15) is 6.10 Å². The standard InChI is InChI=1S/C13H18N2O2/c1-13(10-15,8-5-9-14)12(16)17-11-6-3-2-4-7-11/h11H,2-8H2,1H3. The van der Waals surface area contributed by atoms with Gasteiger partial charge in [0.2, 0.25) is 0 Å². The molecule has 0 bridgehead atoms. The van der Waals surface area contributed by atoms with Crippen molar-refractivity contribution >= 4 is 5.97 Å². The molecule has 0 spiro atoms. The van der Waals surface area contributed by atoms with Gasteiger partial charge in [-0.15, -0.1) is 0 Å². The molecule has 1 rings (SSSR count).